The fourth-order valence-corrected chi connectivity index (χ4v) is 2.13. The number of nitrogens with zero attached hydrogens (tertiary/aromatic N) is 6. The van der Waals surface area contributed by atoms with Crippen molar-refractivity contribution < 1.29 is 4.52 Å². The van der Waals surface area contributed by atoms with Crippen LogP contribution >= 0.6 is 0 Å². The molecule has 0 aliphatic carbocycles. The molecule has 0 atom stereocenters. The first-order chi connectivity index (χ1) is 10.6. The van der Waals surface area contributed by atoms with E-state index in [1.54, 1.807) is 11.6 Å². The zero-order chi connectivity index (χ0) is 15.5. The highest BCUT2D eigenvalue weighted by molar-refractivity contribution is 5.36. The van der Waals surface area contributed by atoms with E-state index in [2.05, 4.69) is 30.8 Å². The van der Waals surface area contributed by atoms with Gasteiger partial charge in [-0.25, -0.2) is 4.68 Å². The summed E-state index contributed by atoms with van der Waals surface area (Å²) in [6.45, 7) is 6.38. The summed E-state index contributed by atoms with van der Waals surface area (Å²) in [5.41, 5.74) is 1.98. The number of hydrogen-bond acceptors (Lipinski definition) is 7. The fraction of sp³-hybridized carbons (Fsp3) is 0.357. The summed E-state index contributed by atoms with van der Waals surface area (Å²) < 4.78 is 6.82. The van der Waals surface area contributed by atoms with Gasteiger partial charge in [0.2, 0.25) is 5.89 Å². The SMILES string of the molecule is Cc1cc(C)n(-c2ccc(NCCc3nc(C)no3)nn2)n1. The third-order valence-electron chi connectivity index (χ3n) is 3.09. The van der Waals surface area contributed by atoms with Crippen LogP contribution in [0, 0.1) is 20.8 Å². The molecule has 0 saturated heterocycles. The molecule has 1 N–H and O–H groups in total. The molecule has 3 heterocycles. The third kappa shape index (κ3) is 3.11. The molecule has 0 aromatic carbocycles. The van der Waals surface area contributed by atoms with E-state index in [1.165, 1.54) is 0 Å². The molecule has 3 aromatic rings. The highest BCUT2D eigenvalue weighted by atomic mass is 16.5. The second-order valence-electron chi connectivity index (χ2n) is 5.03. The van der Waals surface area contributed by atoms with Crippen LogP contribution < -0.4 is 5.32 Å². The largest absolute Gasteiger partial charge is 0.368 e. The van der Waals surface area contributed by atoms with Crippen molar-refractivity contribution in [1.29, 1.82) is 0 Å². The molecule has 0 saturated carbocycles. The highest BCUT2D eigenvalue weighted by Gasteiger charge is 2.06. The number of rotatable bonds is 5. The molecule has 0 bridgehead atoms. The number of anilines is 1. The molecule has 0 radical (unpaired) electrons. The molecule has 0 fully saturated rings. The van der Waals surface area contributed by atoms with Crippen LogP contribution in [-0.2, 0) is 6.42 Å². The molecule has 114 valence electrons. The fourth-order valence-electron chi connectivity index (χ4n) is 2.13. The number of aryl methyl sites for hydroxylation is 3. The van der Waals surface area contributed by atoms with Gasteiger partial charge >= 0.3 is 0 Å². The molecule has 0 unspecified atom stereocenters. The van der Waals surface area contributed by atoms with Gasteiger partial charge in [0.25, 0.3) is 0 Å². The van der Waals surface area contributed by atoms with Gasteiger partial charge in [-0.1, -0.05) is 5.16 Å². The zero-order valence-corrected chi connectivity index (χ0v) is 12.7. The van der Waals surface area contributed by atoms with Gasteiger partial charge in [-0.05, 0) is 39.0 Å². The monoisotopic (exact) mass is 299 g/mol. The Morgan fingerprint density at radius 2 is 2.05 bits per heavy atom. The third-order valence-corrected chi connectivity index (χ3v) is 3.09. The van der Waals surface area contributed by atoms with Gasteiger partial charge in [0, 0.05) is 18.7 Å². The minimum absolute atomic E-state index is 0.609. The van der Waals surface area contributed by atoms with E-state index in [0.717, 1.165) is 11.4 Å². The quantitative estimate of drug-likeness (QED) is 0.765. The van der Waals surface area contributed by atoms with Crippen molar-refractivity contribution in [3.05, 3.63) is 41.3 Å². The van der Waals surface area contributed by atoms with Gasteiger partial charge in [-0.15, -0.1) is 10.2 Å². The molecular formula is C14H17N7O. The molecule has 0 aliphatic rings. The summed E-state index contributed by atoms with van der Waals surface area (Å²) >= 11 is 0. The van der Waals surface area contributed by atoms with Crippen LogP contribution in [0.15, 0.2) is 22.7 Å². The minimum atomic E-state index is 0.609. The summed E-state index contributed by atoms with van der Waals surface area (Å²) in [7, 11) is 0. The van der Waals surface area contributed by atoms with Crippen LogP contribution in [0.4, 0.5) is 5.82 Å². The van der Waals surface area contributed by atoms with Gasteiger partial charge in [-0.3, -0.25) is 0 Å². The maximum atomic E-state index is 5.05. The van der Waals surface area contributed by atoms with Crippen LogP contribution in [0.1, 0.15) is 23.1 Å². The molecule has 8 heteroatoms. The Morgan fingerprint density at radius 1 is 1.18 bits per heavy atom. The van der Waals surface area contributed by atoms with Crippen molar-refractivity contribution in [2.45, 2.75) is 27.2 Å². The lowest BCUT2D eigenvalue weighted by atomic mass is 10.4. The van der Waals surface area contributed by atoms with Crippen molar-refractivity contribution >= 4 is 5.82 Å². The predicted octanol–water partition coefficient (Wildman–Crippen LogP) is 1.63. The summed E-state index contributed by atoms with van der Waals surface area (Å²) in [6, 6.07) is 5.75. The maximum Gasteiger partial charge on any atom is 0.228 e. The molecule has 8 nitrogen and oxygen atoms in total. The molecule has 22 heavy (non-hydrogen) atoms. The van der Waals surface area contributed by atoms with E-state index in [4.69, 9.17) is 4.52 Å². The average Bonchev–Trinajstić information content (AvgIpc) is 3.05. The standard InChI is InChI=1S/C14H17N7O/c1-9-8-10(2)21(19-9)13-5-4-12(17-18-13)15-7-6-14-16-11(3)20-22-14/h4-5,8H,6-7H2,1-3H3,(H,15,17). The van der Waals surface area contributed by atoms with Gasteiger partial charge in [0.15, 0.2) is 11.6 Å². The lowest BCUT2D eigenvalue weighted by Gasteiger charge is -2.05. The number of aromatic nitrogens is 6. The van der Waals surface area contributed by atoms with Crippen molar-refractivity contribution in [3.8, 4) is 5.82 Å². The molecule has 3 aromatic heterocycles. The molecule has 0 spiro atoms. The molecule has 3 rings (SSSR count). The van der Waals surface area contributed by atoms with E-state index < -0.39 is 0 Å². The lowest BCUT2D eigenvalue weighted by Crippen LogP contribution is -2.09. The topological polar surface area (TPSA) is 94.6 Å². The minimum Gasteiger partial charge on any atom is -0.368 e. The normalized spacial score (nSPS) is 10.9. The smallest absolute Gasteiger partial charge is 0.228 e. The summed E-state index contributed by atoms with van der Waals surface area (Å²) in [5.74, 6) is 2.64. The van der Waals surface area contributed by atoms with E-state index in [1.807, 2.05) is 32.0 Å². The number of hydrogen-bond donors (Lipinski definition) is 1. The first kappa shape index (κ1) is 14.2. The van der Waals surface area contributed by atoms with Crippen LogP contribution in [-0.4, -0.2) is 36.7 Å². The Labute approximate surface area is 127 Å². The predicted molar refractivity (Wildman–Crippen MR) is 79.9 cm³/mol. The molecule has 0 aliphatic heterocycles. The lowest BCUT2D eigenvalue weighted by molar-refractivity contribution is 0.377. The first-order valence-electron chi connectivity index (χ1n) is 7.02. The zero-order valence-electron chi connectivity index (χ0n) is 12.7. The van der Waals surface area contributed by atoms with Crippen molar-refractivity contribution in [2.24, 2.45) is 0 Å². The van der Waals surface area contributed by atoms with Gasteiger partial charge < -0.3 is 9.84 Å². The van der Waals surface area contributed by atoms with Gasteiger partial charge in [0.1, 0.15) is 5.82 Å². The van der Waals surface area contributed by atoms with E-state index >= 15 is 0 Å². The van der Waals surface area contributed by atoms with Gasteiger partial charge in [0.05, 0.1) is 5.69 Å². The summed E-state index contributed by atoms with van der Waals surface area (Å²) in [6.07, 6.45) is 0.641. The van der Waals surface area contributed by atoms with Crippen molar-refractivity contribution in [2.75, 3.05) is 11.9 Å². The Balaban J connectivity index is 1.61. The van der Waals surface area contributed by atoms with Crippen LogP contribution in [0.3, 0.4) is 0 Å². The Hall–Kier alpha value is -2.77. The van der Waals surface area contributed by atoms with Crippen molar-refractivity contribution in [3.63, 3.8) is 0 Å². The Kier molecular flexibility index (Phi) is 3.82. The Bertz CT molecular complexity index is 760. The summed E-state index contributed by atoms with van der Waals surface area (Å²) in [5, 5.41) is 19.6. The second kappa shape index (κ2) is 5.92. The van der Waals surface area contributed by atoms with E-state index in [-0.39, 0.29) is 0 Å². The summed E-state index contributed by atoms with van der Waals surface area (Å²) in [4.78, 5) is 4.14. The molecular weight excluding hydrogens is 282 g/mol. The Morgan fingerprint density at radius 3 is 2.64 bits per heavy atom. The first-order valence-corrected chi connectivity index (χ1v) is 7.02. The van der Waals surface area contributed by atoms with Crippen molar-refractivity contribution in [1.82, 2.24) is 30.1 Å². The highest BCUT2D eigenvalue weighted by Crippen LogP contribution is 2.10. The second-order valence-corrected chi connectivity index (χ2v) is 5.03. The van der Waals surface area contributed by atoms with Gasteiger partial charge in [-0.2, -0.15) is 10.1 Å². The number of nitrogens with one attached hydrogen (secondary N) is 1. The average molecular weight is 299 g/mol. The molecule has 0 amide bonds. The van der Waals surface area contributed by atoms with E-state index in [0.29, 0.717) is 36.3 Å². The van der Waals surface area contributed by atoms with E-state index in [9.17, 15) is 0 Å². The maximum absolute atomic E-state index is 5.05. The van der Waals surface area contributed by atoms with Crippen LogP contribution in [0.5, 0.6) is 0 Å². The van der Waals surface area contributed by atoms with Crippen LogP contribution in [0.25, 0.3) is 5.82 Å². The van der Waals surface area contributed by atoms with Crippen LogP contribution in [0.2, 0.25) is 0 Å².